The first-order valence-electron chi connectivity index (χ1n) is 19.7. The van der Waals surface area contributed by atoms with Gasteiger partial charge in [0.1, 0.15) is 0 Å². The van der Waals surface area contributed by atoms with Crippen molar-refractivity contribution in [3.8, 4) is 27.9 Å². The molecule has 0 radical (unpaired) electrons. The average molecular weight is 822 g/mol. The summed E-state index contributed by atoms with van der Waals surface area (Å²) < 4.78 is 7.93. The Morgan fingerprint density at radius 2 is 0.897 bits per heavy atom. The van der Waals surface area contributed by atoms with Crippen LogP contribution >= 0.6 is 11.3 Å². The van der Waals surface area contributed by atoms with Gasteiger partial charge < -0.3 is 4.57 Å². The van der Waals surface area contributed by atoms with Gasteiger partial charge in [-0.15, -0.1) is 0 Å². The van der Waals surface area contributed by atoms with Crippen molar-refractivity contribution in [3.63, 3.8) is 0 Å². The Labute approximate surface area is 345 Å². The fourth-order valence-electron chi connectivity index (χ4n) is 8.82. The maximum atomic E-state index is 2.41. The molecule has 2 nitrogen and oxygen atoms in total. The number of nitrogens with zero attached hydrogens (tertiary/aromatic N) is 2. The van der Waals surface area contributed by atoms with Crippen molar-refractivity contribution in [2.24, 2.45) is 0 Å². The number of fused-ring (bicyclic) bond motifs is 9. The summed E-state index contributed by atoms with van der Waals surface area (Å²) in [6.45, 7) is 0. The maximum absolute atomic E-state index is 2.41. The van der Waals surface area contributed by atoms with E-state index in [4.69, 9.17) is 0 Å². The van der Waals surface area contributed by atoms with Gasteiger partial charge >= 0.3 is 203 Å². The predicted molar refractivity (Wildman–Crippen MR) is 251 cm³/mol. The zero-order valence-corrected chi connectivity index (χ0v) is 33.9. The zero-order valence-electron chi connectivity index (χ0n) is 31.3. The van der Waals surface area contributed by atoms with E-state index in [-0.39, 0.29) is 0 Å². The van der Waals surface area contributed by atoms with Crippen LogP contribution in [0.25, 0.3) is 89.2 Å². The van der Waals surface area contributed by atoms with Gasteiger partial charge in [-0.1, -0.05) is 60.7 Å². The number of hydrogen-bond donors (Lipinski definition) is 0. The first-order valence-corrected chi connectivity index (χ1v) is 22.2. The van der Waals surface area contributed by atoms with Crippen LogP contribution in [0, 0.1) is 0 Å². The van der Waals surface area contributed by atoms with Crippen molar-refractivity contribution in [1.82, 2.24) is 4.57 Å². The van der Waals surface area contributed by atoms with E-state index >= 15 is 0 Å². The summed E-state index contributed by atoms with van der Waals surface area (Å²) in [4.78, 5) is 2.40. The molecule has 0 aliphatic rings. The van der Waals surface area contributed by atoms with Crippen LogP contribution < -0.4 is 4.90 Å². The maximum Gasteiger partial charge on any atom is 0.0541 e. The molecule has 0 bridgehead atoms. The zero-order chi connectivity index (χ0) is 38.2. The third-order valence-corrected chi connectivity index (χ3v) is 15.1. The molecule has 4 heteroatoms. The third kappa shape index (κ3) is 5.45. The van der Waals surface area contributed by atoms with Gasteiger partial charge in [0.2, 0.25) is 0 Å². The third-order valence-electron chi connectivity index (χ3n) is 11.6. The summed E-state index contributed by atoms with van der Waals surface area (Å²) in [5, 5.41) is 7.93. The van der Waals surface area contributed by atoms with Gasteiger partial charge in [0.05, 0.1) is 11.0 Å². The predicted octanol–water partition coefficient (Wildman–Crippen LogP) is 15.3. The Morgan fingerprint density at radius 3 is 1.69 bits per heavy atom. The molecule has 0 spiro atoms. The van der Waals surface area contributed by atoms with Crippen molar-refractivity contribution < 1.29 is 0 Å². The molecule has 0 fully saturated rings. The Kier molecular flexibility index (Phi) is 7.77. The molecule has 3 heterocycles. The topological polar surface area (TPSA) is 8.17 Å². The van der Waals surface area contributed by atoms with Gasteiger partial charge in [-0.05, 0) is 42.0 Å². The van der Waals surface area contributed by atoms with Gasteiger partial charge in [-0.2, -0.15) is 0 Å². The molecule has 0 atom stereocenters. The minimum absolute atomic E-state index is 0.336. The van der Waals surface area contributed by atoms with Crippen LogP contribution in [-0.2, 0) is 0 Å². The van der Waals surface area contributed by atoms with E-state index in [1.807, 2.05) is 11.3 Å². The van der Waals surface area contributed by atoms with Gasteiger partial charge in [0.15, 0.2) is 0 Å². The van der Waals surface area contributed by atoms with Crippen LogP contribution in [0.2, 0.25) is 0 Å². The second-order valence-corrected chi connectivity index (χ2v) is 18.3. The van der Waals surface area contributed by atoms with Crippen LogP contribution in [0.3, 0.4) is 0 Å². The monoisotopic (exact) mass is 822 g/mol. The van der Waals surface area contributed by atoms with E-state index in [1.165, 1.54) is 89.2 Å². The largest absolute Gasteiger partial charge is 0.0602 e. The minimum Gasteiger partial charge on any atom is -0.0602 e. The molecule has 0 saturated heterocycles. The first kappa shape index (κ1) is 33.5. The molecular weight excluding hydrogens is 788 g/mol. The van der Waals surface area contributed by atoms with E-state index in [0.717, 1.165) is 17.1 Å². The Balaban J connectivity index is 0.944. The molecule has 0 aliphatic heterocycles. The van der Waals surface area contributed by atoms with Crippen molar-refractivity contribution in [2.45, 2.75) is 0 Å². The number of anilines is 3. The van der Waals surface area contributed by atoms with E-state index in [9.17, 15) is 0 Å². The Morgan fingerprint density at radius 1 is 0.345 bits per heavy atom. The van der Waals surface area contributed by atoms with Gasteiger partial charge in [-0.3, -0.25) is 0 Å². The van der Waals surface area contributed by atoms with E-state index in [0.29, 0.717) is 14.5 Å². The number of para-hydroxylation sites is 2. The summed E-state index contributed by atoms with van der Waals surface area (Å²) >= 11 is 2.20. The number of thiophene rings is 1. The van der Waals surface area contributed by atoms with Crippen LogP contribution in [0.1, 0.15) is 0 Å². The Hall–Kier alpha value is -6.68. The van der Waals surface area contributed by atoms with Gasteiger partial charge in [0.25, 0.3) is 0 Å². The molecule has 0 saturated carbocycles. The fraction of sp³-hybridized carbons (Fsp3) is 0. The van der Waals surface area contributed by atoms with Crippen LogP contribution in [0.15, 0.2) is 206 Å². The normalized spacial score (nSPS) is 11.8. The molecule has 3 aromatic heterocycles. The van der Waals surface area contributed by atoms with E-state index < -0.39 is 0 Å². The van der Waals surface area contributed by atoms with Gasteiger partial charge in [0, 0.05) is 26.5 Å². The molecule has 12 rings (SSSR count). The van der Waals surface area contributed by atoms with Crippen molar-refractivity contribution >= 4 is 104 Å². The average Bonchev–Trinajstić information content (AvgIpc) is 3.96. The molecule has 0 amide bonds. The first-order chi connectivity index (χ1) is 28.7. The molecular formula is C54H34N2SSe. The number of rotatable bonds is 6. The summed E-state index contributed by atoms with van der Waals surface area (Å²) in [6, 6.07) is 76.1. The van der Waals surface area contributed by atoms with Crippen molar-refractivity contribution in [2.75, 3.05) is 4.90 Å². The standard InChI is InChI=1S/C54H34N2SSe/c1-2-10-39(11-3-1)56-49-15-7-4-12-43(49)48-32-37(23-31-50(48)56)35-18-24-40(25-19-35)55(42-28-30-45-44-13-5-8-16-51(44)57-52(45)34-42)41-26-20-36(21-27-41)38-22-29-47-46-14-6-9-17-53(46)58-54(47)33-38/h1-34H. The fourth-order valence-corrected chi connectivity index (χ4v) is 12.4. The van der Waals surface area contributed by atoms with E-state index in [1.54, 1.807) is 0 Å². The SMILES string of the molecule is c1ccc(-n2c3ccccc3c3cc(-c4ccc(N(c5ccc(-c6ccc7c(c6)[se]c6ccccc67)cc5)c5ccc6c(c5)sc5ccccc56)cc4)ccc32)cc1. The second-order valence-electron chi connectivity index (χ2n) is 14.9. The minimum atomic E-state index is 0.336. The van der Waals surface area contributed by atoms with Crippen molar-refractivity contribution in [3.05, 3.63) is 206 Å². The molecule has 0 unspecified atom stereocenters. The molecule has 272 valence electrons. The number of hydrogen-bond acceptors (Lipinski definition) is 2. The summed E-state index contributed by atoms with van der Waals surface area (Å²) in [6.07, 6.45) is 0. The molecule has 0 N–H and O–H groups in total. The van der Waals surface area contributed by atoms with Crippen LogP contribution in [0.4, 0.5) is 17.1 Å². The summed E-state index contributed by atoms with van der Waals surface area (Å²) in [5.41, 5.74) is 11.9. The molecule has 9 aromatic carbocycles. The number of aromatic nitrogens is 1. The van der Waals surface area contributed by atoms with E-state index in [2.05, 4.69) is 216 Å². The Bertz CT molecular complexity index is 3500. The smallest absolute Gasteiger partial charge is 0.0541 e. The van der Waals surface area contributed by atoms with Crippen molar-refractivity contribution in [1.29, 1.82) is 0 Å². The molecule has 0 aliphatic carbocycles. The van der Waals surface area contributed by atoms with Crippen LogP contribution in [-0.4, -0.2) is 19.1 Å². The molecule has 12 aromatic rings. The number of benzene rings is 9. The second kappa shape index (κ2) is 13.5. The van der Waals surface area contributed by atoms with Crippen LogP contribution in [0.5, 0.6) is 0 Å². The van der Waals surface area contributed by atoms with Gasteiger partial charge in [-0.25, -0.2) is 0 Å². The quantitative estimate of drug-likeness (QED) is 0.152. The molecule has 58 heavy (non-hydrogen) atoms. The summed E-state index contributed by atoms with van der Waals surface area (Å²) in [5.74, 6) is 0. The summed E-state index contributed by atoms with van der Waals surface area (Å²) in [7, 11) is 0.